The molecular formula is C17H26ClN3O2. The van der Waals surface area contributed by atoms with E-state index in [0.717, 1.165) is 25.1 Å². The number of halogens is 1. The molecule has 1 aromatic heterocycles. The van der Waals surface area contributed by atoms with Gasteiger partial charge in [-0.25, -0.2) is 0 Å². The zero-order valence-electron chi connectivity index (χ0n) is 13.8. The fourth-order valence-electron chi connectivity index (χ4n) is 3.78. The Kier molecular flexibility index (Phi) is 5.53. The van der Waals surface area contributed by atoms with Gasteiger partial charge in [0.05, 0.1) is 6.04 Å². The maximum absolute atomic E-state index is 12.6. The van der Waals surface area contributed by atoms with E-state index in [9.17, 15) is 9.59 Å². The van der Waals surface area contributed by atoms with E-state index in [1.54, 1.807) is 6.07 Å². The van der Waals surface area contributed by atoms with Crippen molar-refractivity contribution in [2.75, 3.05) is 13.1 Å². The topological polar surface area (TPSA) is 68.3 Å². The number of aromatic nitrogens is 1. The average Bonchev–Trinajstić information content (AvgIpc) is 2.53. The van der Waals surface area contributed by atoms with Crippen LogP contribution in [0.25, 0.3) is 0 Å². The molecule has 1 fully saturated rings. The maximum atomic E-state index is 12.6. The molecule has 2 aliphatic rings. The van der Waals surface area contributed by atoms with E-state index >= 15 is 0 Å². The lowest BCUT2D eigenvalue weighted by molar-refractivity contribution is -0.136. The van der Waals surface area contributed by atoms with Crippen LogP contribution >= 0.6 is 12.4 Å². The normalized spacial score (nSPS) is 25.1. The molecule has 0 aromatic carbocycles. The van der Waals surface area contributed by atoms with E-state index in [1.165, 1.54) is 0 Å². The van der Waals surface area contributed by atoms with Gasteiger partial charge in [-0.1, -0.05) is 26.3 Å². The molecule has 1 saturated heterocycles. The number of amides is 1. The lowest BCUT2D eigenvalue weighted by Crippen LogP contribution is -2.54. The SMILES string of the molecule is CC[C@H](C)[C@H](N)C(=O)N1CC2CC(C1)c1cccc(=O)n1C2.Cl. The Morgan fingerprint density at radius 3 is 2.78 bits per heavy atom. The first-order chi connectivity index (χ1) is 10.5. The maximum Gasteiger partial charge on any atom is 0.250 e. The zero-order valence-corrected chi connectivity index (χ0v) is 14.6. The summed E-state index contributed by atoms with van der Waals surface area (Å²) in [6.07, 6.45) is 1.97. The molecule has 23 heavy (non-hydrogen) atoms. The predicted octanol–water partition coefficient (Wildman–Crippen LogP) is 1.59. The van der Waals surface area contributed by atoms with Crippen molar-refractivity contribution in [3.8, 4) is 0 Å². The van der Waals surface area contributed by atoms with Gasteiger partial charge in [0.2, 0.25) is 5.91 Å². The minimum absolute atomic E-state index is 0. The molecule has 0 spiro atoms. The molecule has 128 valence electrons. The monoisotopic (exact) mass is 339 g/mol. The highest BCUT2D eigenvalue weighted by molar-refractivity contribution is 5.85. The number of nitrogens with zero attached hydrogens (tertiary/aromatic N) is 2. The smallest absolute Gasteiger partial charge is 0.250 e. The molecule has 3 rings (SSSR count). The molecule has 0 radical (unpaired) electrons. The van der Waals surface area contributed by atoms with Crippen LogP contribution in [0.5, 0.6) is 0 Å². The number of rotatable bonds is 3. The van der Waals surface area contributed by atoms with Gasteiger partial charge in [0.1, 0.15) is 0 Å². The van der Waals surface area contributed by atoms with Crippen LogP contribution in [0, 0.1) is 11.8 Å². The van der Waals surface area contributed by atoms with E-state index in [4.69, 9.17) is 5.73 Å². The Morgan fingerprint density at radius 2 is 2.09 bits per heavy atom. The zero-order chi connectivity index (χ0) is 15.9. The number of fused-ring (bicyclic) bond motifs is 4. The Balaban J connectivity index is 0.00000192. The fraction of sp³-hybridized carbons (Fsp3) is 0.647. The molecule has 0 aliphatic carbocycles. The van der Waals surface area contributed by atoms with Crippen molar-refractivity contribution in [3.63, 3.8) is 0 Å². The molecule has 5 nitrogen and oxygen atoms in total. The summed E-state index contributed by atoms with van der Waals surface area (Å²) in [5.74, 6) is 0.883. The minimum atomic E-state index is -0.415. The summed E-state index contributed by atoms with van der Waals surface area (Å²) in [5.41, 5.74) is 7.27. The van der Waals surface area contributed by atoms with Gasteiger partial charge in [-0.15, -0.1) is 12.4 Å². The second-order valence-corrected chi connectivity index (χ2v) is 6.85. The molecule has 0 saturated carbocycles. The summed E-state index contributed by atoms with van der Waals surface area (Å²) in [7, 11) is 0. The predicted molar refractivity (Wildman–Crippen MR) is 92.8 cm³/mol. The third kappa shape index (κ3) is 3.31. The Bertz CT molecular complexity index is 631. The standard InChI is InChI=1S/C17H25N3O2.ClH/c1-3-11(2)16(18)17(22)19-8-12-7-13(10-19)14-5-4-6-15(21)20(14)9-12;/h4-6,11-13,16H,3,7-10,18H2,1-2H3;1H/t11-,12?,13?,16-;/m0./s1. The highest BCUT2D eigenvalue weighted by Gasteiger charge is 2.37. The fourth-order valence-corrected chi connectivity index (χ4v) is 3.78. The van der Waals surface area contributed by atoms with E-state index < -0.39 is 6.04 Å². The van der Waals surface area contributed by atoms with Crippen LogP contribution in [0.15, 0.2) is 23.0 Å². The van der Waals surface area contributed by atoms with Crippen LogP contribution in [0.3, 0.4) is 0 Å². The lowest BCUT2D eigenvalue weighted by Gasteiger charge is -2.43. The Hall–Kier alpha value is -1.33. The van der Waals surface area contributed by atoms with Gasteiger partial charge in [0.15, 0.2) is 0 Å². The number of hydrogen-bond donors (Lipinski definition) is 1. The third-order valence-corrected chi connectivity index (χ3v) is 5.33. The second-order valence-electron chi connectivity index (χ2n) is 6.85. The quantitative estimate of drug-likeness (QED) is 0.909. The van der Waals surface area contributed by atoms with Crippen molar-refractivity contribution < 1.29 is 4.79 Å². The summed E-state index contributed by atoms with van der Waals surface area (Å²) in [6.45, 7) is 6.21. The summed E-state index contributed by atoms with van der Waals surface area (Å²) in [4.78, 5) is 26.6. The number of piperidine rings is 1. The van der Waals surface area contributed by atoms with Crippen LogP contribution < -0.4 is 11.3 Å². The molecule has 1 aromatic rings. The minimum Gasteiger partial charge on any atom is -0.340 e. The molecule has 6 heteroatoms. The van der Waals surface area contributed by atoms with Crippen LogP contribution in [0.1, 0.15) is 38.3 Å². The second kappa shape index (κ2) is 7.05. The highest BCUT2D eigenvalue weighted by atomic mass is 35.5. The van der Waals surface area contributed by atoms with Gasteiger partial charge in [-0.2, -0.15) is 0 Å². The number of likely N-dealkylation sites (tertiary alicyclic amines) is 1. The number of carbonyl (C=O) groups excluding carboxylic acids is 1. The van der Waals surface area contributed by atoms with Crippen LogP contribution in [-0.4, -0.2) is 34.5 Å². The van der Waals surface area contributed by atoms with Crippen molar-refractivity contribution in [3.05, 3.63) is 34.2 Å². The average molecular weight is 340 g/mol. The van der Waals surface area contributed by atoms with Gasteiger partial charge in [0.25, 0.3) is 5.56 Å². The first-order valence-electron chi connectivity index (χ1n) is 8.25. The van der Waals surface area contributed by atoms with Crippen LogP contribution in [0.4, 0.5) is 0 Å². The number of pyridine rings is 1. The van der Waals surface area contributed by atoms with Crippen LogP contribution in [0.2, 0.25) is 0 Å². The molecule has 2 bridgehead atoms. The highest BCUT2D eigenvalue weighted by Crippen LogP contribution is 2.35. The third-order valence-electron chi connectivity index (χ3n) is 5.33. The first-order valence-corrected chi connectivity index (χ1v) is 8.25. The number of hydrogen-bond acceptors (Lipinski definition) is 3. The van der Waals surface area contributed by atoms with Crippen molar-refractivity contribution in [1.82, 2.24) is 9.47 Å². The molecule has 1 amide bonds. The van der Waals surface area contributed by atoms with Gasteiger partial charge in [-0.05, 0) is 24.3 Å². The Morgan fingerprint density at radius 1 is 1.35 bits per heavy atom. The number of carbonyl (C=O) groups is 1. The molecule has 2 N–H and O–H groups in total. The van der Waals surface area contributed by atoms with Crippen molar-refractivity contribution >= 4 is 18.3 Å². The van der Waals surface area contributed by atoms with Crippen molar-refractivity contribution in [2.45, 2.75) is 45.2 Å². The number of nitrogens with two attached hydrogens (primary N) is 1. The van der Waals surface area contributed by atoms with Gasteiger partial charge in [-0.3, -0.25) is 9.59 Å². The molecule has 3 heterocycles. The summed E-state index contributed by atoms with van der Waals surface area (Å²) in [6, 6.07) is 5.04. The van der Waals surface area contributed by atoms with E-state index in [1.807, 2.05) is 28.5 Å². The molecular weight excluding hydrogens is 314 g/mol. The van der Waals surface area contributed by atoms with Crippen LogP contribution in [-0.2, 0) is 11.3 Å². The molecule has 2 unspecified atom stereocenters. The van der Waals surface area contributed by atoms with E-state index in [0.29, 0.717) is 19.0 Å². The summed E-state index contributed by atoms with van der Waals surface area (Å²) < 4.78 is 1.88. The van der Waals surface area contributed by atoms with Crippen molar-refractivity contribution in [2.24, 2.45) is 17.6 Å². The van der Waals surface area contributed by atoms with Crippen molar-refractivity contribution in [1.29, 1.82) is 0 Å². The summed E-state index contributed by atoms with van der Waals surface area (Å²) in [5, 5.41) is 0. The van der Waals surface area contributed by atoms with Gasteiger partial charge >= 0.3 is 0 Å². The molecule has 2 aliphatic heterocycles. The van der Waals surface area contributed by atoms with E-state index in [-0.39, 0.29) is 35.7 Å². The first kappa shape index (κ1) is 18.0. The molecule has 4 atom stereocenters. The van der Waals surface area contributed by atoms with Gasteiger partial charge < -0.3 is 15.2 Å². The largest absolute Gasteiger partial charge is 0.340 e. The Labute approximate surface area is 143 Å². The van der Waals surface area contributed by atoms with E-state index in [2.05, 4.69) is 6.92 Å². The van der Waals surface area contributed by atoms with Gasteiger partial charge in [0, 0.05) is 37.3 Å². The lowest BCUT2D eigenvalue weighted by atomic mass is 9.82. The summed E-state index contributed by atoms with van der Waals surface area (Å²) >= 11 is 0.